The van der Waals surface area contributed by atoms with Crippen LogP contribution in [0.25, 0.3) is 11.3 Å². The number of ether oxygens (including phenoxy) is 4. The summed E-state index contributed by atoms with van der Waals surface area (Å²) in [5.41, 5.74) is 2.13. The van der Waals surface area contributed by atoms with Crippen LogP contribution in [0.5, 0.6) is 17.2 Å². The number of anilines is 1. The van der Waals surface area contributed by atoms with E-state index in [0.717, 1.165) is 35.8 Å². The van der Waals surface area contributed by atoms with Crippen LogP contribution in [0.2, 0.25) is 0 Å². The van der Waals surface area contributed by atoms with Crippen LogP contribution in [0.1, 0.15) is 16.8 Å². The highest BCUT2D eigenvalue weighted by Gasteiger charge is 2.26. The Hall–Kier alpha value is -4.38. The zero-order valence-corrected chi connectivity index (χ0v) is 22.7. The molecule has 0 N–H and O–H groups in total. The van der Waals surface area contributed by atoms with Gasteiger partial charge < -0.3 is 33.6 Å². The van der Waals surface area contributed by atoms with Crippen molar-refractivity contribution < 1.29 is 28.5 Å². The van der Waals surface area contributed by atoms with Gasteiger partial charge in [-0.25, -0.2) is 0 Å². The summed E-state index contributed by atoms with van der Waals surface area (Å²) in [6.45, 7) is 3.20. The van der Waals surface area contributed by atoms with Gasteiger partial charge in [0.25, 0.3) is 5.91 Å². The quantitative estimate of drug-likeness (QED) is 0.400. The molecule has 5 rings (SSSR count). The van der Waals surface area contributed by atoms with Gasteiger partial charge >= 0.3 is 0 Å². The van der Waals surface area contributed by atoms with Gasteiger partial charge in [0.15, 0.2) is 17.3 Å². The molecule has 3 aromatic rings. The molecule has 1 fully saturated rings. The van der Waals surface area contributed by atoms with Crippen molar-refractivity contribution in [2.45, 2.75) is 6.42 Å². The highest BCUT2D eigenvalue weighted by atomic mass is 16.7. The van der Waals surface area contributed by atoms with E-state index in [9.17, 15) is 9.59 Å². The monoisotopic (exact) mass is 547 g/mol. The molecule has 11 heteroatoms. The molecule has 210 valence electrons. The third-order valence-electron chi connectivity index (χ3n) is 6.99. The van der Waals surface area contributed by atoms with Gasteiger partial charge in [-0.2, -0.15) is 0 Å². The topological polar surface area (TPSA) is 107 Å². The summed E-state index contributed by atoms with van der Waals surface area (Å²) in [5.74, 6) is 2.29. The zero-order valence-electron chi connectivity index (χ0n) is 22.7. The highest BCUT2D eigenvalue weighted by Crippen LogP contribution is 2.33. The Bertz CT molecular complexity index is 1330. The SMILES string of the molecule is COCCN(CC(=O)N1CCCN(c2ccc(-c3cccc(OC)c3)nn2)CC1)C(=O)c1ccc2c(c1)OCO2. The number of methoxy groups -OCH3 is 2. The average Bonchev–Trinajstić information content (AvgIpc) is 3.33. The molecule has 11 nitrogen and oxygen atoms in total. The van der Waals surface area contributed by atoms with Gasteiger partial charge in [0.1, 0.15) is 12.3 Å². The molecular weight excluding hydrogens is 514 g/mol. The second-order valence-corrected chi connectivity index (χ2v) is 9.52. The maximum atomic E-state index is 13.3. The Labute approximate surface area is 233 Å². The molecule has 0 aliphatic carbocycles. The molecule has 1 saturated heterocycles. The highest BCUT2D eigenvalue weighted by molar-refractivity contribution is 5.97. The third kappa shape index (κ3) is 6.26. The van der Waals surface area contributed by atoms with E-state index in [1.165, 1.54) is 4.90 Å². The molecule has 2 amide bonds. The molecule has 40 heavy (non-hydrogen) atoms. The number of benzene rings is 2. The summed E-state index contributed by atoms with van der Waals surface area (Å²) >= 11 is 0. The maximum absolute atomic E-state index is 13.3. The number of hydrogen-bond donors (Lipinski definition) is 0. The Kier molecular flexibility index (Phi) is 8.60. The van der Waals surface area contributed by atoms with Crippen LogP contribution >= 0.6 is 0 Å². The number of amides is 2. The Morgan fingerprint density at radius 3 is 2.62 bits per heavy atom. The largest absolute Gasteiger partial charge is 0.497 e. The lowest BCUT2D eigenvalue weighted by molar-refractivity contribution is -0.131. The van der Waals surface area contributed by atoms with Crippen molar-refractivity contribution in [2.24, 2.45) is 0 Å². The number of aromatic nitrogens is 2. The van der Waals surface area contributed by atoms with Crippen molar-refractivity contribution in [3.63, 3.8) is 0 Å². The lowest BCUT2D eigenvalue weighted by Crippen LogP contribution is -2.45. The van der Waals surface area contributed by atoms with E-state index in [1.807, 2.05) is 41.3 Å². The molecule has 0 bridgehead atoms. The predicted molar refractivity (Wildman–Crippen MR) is 148 cm³/mol. The Morgan fingerprint density at radius 2 is 1.82 bits per heavy atom. The van der Waals surface area contributed by atoms with E-state index >= 15 is 0 Å². The van der Waals surface area contributed by atoms with Crippen molar-refractivity contribution in [1.82, 2.24) is 20.0 Å². The first-order chi connectivity index (χ1) is 19.6. The minimum absolute atomic E-state index is 0.0360. The number of hydrogen-bond acceptors (Lipinski definition) is 9. The summed E-state index contributed by atoms with van der Waals surface area (Å²) < 4.78 is 21.3. The van der Waals surface area contributed by atoms with Gasteiger partial charge in [0.2, 0.25) is 12.7 Å². The van der Waals surface area contributed by atoms with Crippen LogP contribution in [0.4, 0.5) is 5.82 Å². The van der Waals surface area contributed by atoms with E-state index in [2.05, 4.69) is 15.1 Å². The Balaban J connectivity index is 1.21. The lowest BCUT2D eigenvalue weighted by Gasteiger charge is -2.27. The maximum Gasteiger partial charge on any atom is 0.254 e. The fourth-order valence-electron chi connectivity index (χ4n) is 4.76. The number of fused-ring (bicyclic) bond motifs is 1. The number of carbonyl (C=O) groups is 2. The summed E-state index contributed by atoms with van der Waals surface area (Å²) in [6.07, 6.45) is 0.777. The van der Waals surface area contributed by atoms with Crippen molar-refractivity contribution in [3.8, 4) is 28.5 Å². The van der Waals surface area contributed by atoms with Gasteiger partial charge in [0.05, 0.1) is 19.4 Å². The summed E-state index contributed by atoms with van der Waals surface area (Å²) in [7, 11) is 3.20. The average molecular weight is 548 g/mol. The molecule has 2 aliphatic heterocycles. The summed E-state index contributed by atoms with van der Waals surface area (Å²) in [6, 6.07) is 16.6. The van der Waals surface area contributed by atoms with Crippen molar-refractivity contribution in [2.75, 3.05) is 71.8 Å². The van der Waals surface area contributed by atoms with Crippen LogP contribution in [0.15, 0.2) is 54.6 Å². The molecule has 2 aliphatic rings. The fourth-order valence-corrected chi connectivity index (χ4v) is 4.76. The van der Waals surface area contributed by atoms with Gasteiger partial charge in [-0.1, -0.05) is 12.1 Å². The standard InChI is InChI=1S/C29H33N5O6/c1-37-16-15-34(29(36)22-7-9-25-26(18-22)40-20-39-25)19-28(35)33-12-4-11-32(13-14-33)27-10-8-24(30-31-27)21-5-3-6-23(17-21)38-2/h3,5-10,17-18H,4,11-16,19-20H2,1-2H3. The second kappa shape index (κ2) is 12.6. The molecule has 0 atom stereocenters. The van der Waals surface area contributed by atoms with Crippen molar-refractivity contribution in [1.29, 1.82) is 0 Å². The van der Waals surface area contributed by atoms with E-state index in [1.54, 1.807) is 32.4 Å². The third-order valence-corrected chi connectivity index (χ3v) is 6.99. The summed E-state index contributed by atoms with van der Waals surface area (Å²) in [5, 5.41) is 8.88. The van der Waals surface area contributed by atoms with Crippen LogP contribution in [0, 0.1) is 0 Å². The zero-order chi connectivity index (χ0) is 27.9. The first-order valence-electron chi connectivity index (χ1n) is 13.2. The first-order valence-corrected chi connectivity index (χ1v) is 13.2. The molecule has 0 spiro atoms. The van der Waals surface area contributed by atoms with Crippen LogP contribution in [-0.2, 0) is 9.53 Å². The smallest absolute Gasteiger partial charge is 0.254 e. The van der Waals surface area contributed by atoms with Crippen molar-refractivity contribution in [3.05, 3.63) is 60.2 Å². The fraction of sp³-hybridized carbons (Fsp3) is 0.379. The van der Waals surface area contributed by atoms with Gasteiger partial charge in [-0.3, -0.25) is 9.59 Å². The summed E-state index contributed by atoms with van der Waals surface area (Å²) in [4.78, 5) is 32.1. The minimum atomic E-state index is -0.258. The lowest BCUT2D eigenvalue weighted by atomic mass is 10.1. The van der Waals surface area contributed by atoms with Crippen molar-refractivity contribution >= 4 is 17.6 Å². The van der Waals surface area contributed by atoms with E-state index in [4.69, 9.17) is 18.9 Å². The van der Waals surface area contributed by atoms with Crippen LogP contribution < -0.4 is 19.1 Å². The predicted octanol–water partition coefficient (Wildman–Crippen LogP) is 2.71. The van der Waals surface area contributed by atoms with E-state index in [-0.39, 0.29) is 25.2 Å². The Morgan fingerprint density at radius 1 is 0.950 bits per heavy atom. The van der Waals surface area contributed by atoms with Crippen LogP contribution in [0.3, 0.4) is 0 Å². The molecule has 1 aromatic heterocycles. The van der Waals surface area contributed by atoms with Crippen LogP contribution in [-0.4, -0.2) is 98.7 Å². The molecule has 3 heterocycles. The molecule has 2 aromatic carbocycles. The first kappa shape index (κ1) is 27.2. The van der Waals surface area contributed by atoms with E-state index < -0.39 is 0 Å². The number of carbonyl (C=O) groups excluding carboxylic acids is 2. The number of nitrogens with zero attached hydrogens (tertiary/aromatic N) is 5. The van der Waals surface area contributed by atoms with Gasteiger partial charge in [-0.05, 0) is 48.9 Å². The molecule has 0 saturated carbocycles. The molecule has 0 unspecified atom stereocenters. The molecule has 0 radical (unpaired) electrons. The minimum Gasteiger partial charge on any atom is -0.497 e. The van der Waals surface area contributed by atoms with Gasteiger partial charge in [0, 0.05) is 51.0 Å². The van der Waals surface area contributed by atoms with Gasteiger partial charge in [-0.15, -0.1) is 10.2 Å². The second-order valence-electron chi connectivity index (χ2n) is 9.52. The molecular formula is C29H33N5O6. The number of rotatable bonds is 9. The van der Waals surface area contributed by atoms with E-state index in [0.29, 0.717) is 49.8 Å². The normalized spacial score (nSPS) is 14.6.